The fourth-order valence-corrected chi connectivity index (χ4v) is 2.79. The van der Waals surface area contributed by atoms with Crippen LogP contribution in [0, 0.1) is 0 Å². The highest BCUT2D eigenvalue weighted by Gasteiger charge is 2.19. The number of piperidine rings is 1. The van der Waals surface area contributed by atoms with Crippen LogP contribution in [0.3, 0.4) is 0 Å². The molecule has 0 amide bonds. The van der Waals surface area contributed by atoms with Crippen molar-refractivity contribution in [3.8, 4) is 5.69 Å². The molecule has 0 bridgehead atoms. The zero-order chi connectivity index (χ0) is 12.4. The summed E-state index contributed by atoms with van der Waals surface area (Å²) in [5, 5.41) is 4.21. The highest BCUT2D eigenvalue weighted by molar-refractivity contribution is 6.32. The van der Waals surface area contributed by atoms with E-state index in [1.54, 1.807) is 0 Å². The molecule has 0 saturated carbocycles. The smallest absolute Gasteiger partial charge is 0.0994 e. The first-order chi connectivity index (χ1) is 8.86. The number of halogens is 1. The van der Waals surface area contributed by atoms with Crippen LogP contribution in [0.5, 0.6) is 0 Å². The van der Waals surface area contributed by atoms with Crippen molar-refractivity contribution < 1.29 is 0 Å². The predicted molar refractivity (Wildman–Crippen MR) is 73.4 cm³/mol. The molecule has 1 atom stereocenters. The molecule has 2 heterocycles. The third kappa shape index (κ3) is 2.16. The molecule has 0 spiro atoms. The van der Waals surface area contributed by atoms with E-state index in [-0.39, 0.29) is 0 Å². The Labute approximate surface area is 112 Å². The second-order valence-corrected chi connectivity index (χ2v) is 5.09. The molecular weight excluding hydrogens is 246 g/mol. The molecular formula is C14H16ClN3. The number of hydrogen-bond donors (Lipinski definition) is 1. The van der Waals surface area contributed by atoms with E-state index in [0.29, 0.717) is 5.92 Å². The SMILES string of the molecule is Clc1ccccc1-n1cncc1C1CCCNC1. The Hall–Kier alpha value is -1.32. The molecule has 1 aliphatic rings. The molecule has 0 radical (unpaired) electrons. The minimum Gasteiger partial charge on any atom is -0.316 e. The number of hydrogen-bond acceptors (Lipinski definition) is 2. The number of aromatic nitrogens is 2. The van der Waals surface area contributed by atoms with Crippen molar-refractivity contribution in [2.75, 3.05) is 13.1 Å². The lowest BCUT2D eigenvalue weighted by molar-refractivity contribution is 0.451. The first-order valence-corrected chi connectivity index (χ1v) is 6.72. The maximum atomic E-state index is 6.26. The van der Waals surface area contributed by atoms with Crippen molar-refractivity contribution in [1.82, 2.24) is 14.9 Å². The van der Waals surface area contributed by atoms with Gasteiger partial charge in [-0.25, -0.2) is 4.98 Å². The Morgan fingerprint density at radius 2 is 2.22 bits per heavy atom. The summed E-state index contributed by atoms with van der Waals surface area (Å²) < 4.78 is 2.11. The molecule has 1 unspecified atom stereocenters. The second-order valence-electron chi connectivity index (χ2n) is 4.68. The monoisotopic (exact) mass is 261 g/mol. The summed E-state index contributed by atoms with van der Waals surface area (Å²) in [4.78, 5) is 4.29. The maximum absolute atomic E-state index is 6.26. The molecule has 3 rings (SSSR count). The summed E-state index contributed by atoms with van der Waals surface area (Å²) in [6.45, 7) is 2.15. The average Bonchev–Trinajstić information content (AvgIpc) is 2.89. The minimum absolute atomic E-state index is 0.525. The van der Waals surface area contributed by atoms with Crippen molar-refractivity contribution in [3.05, 3.63) is 47.5 Å². The van der Waals surface area contributed by atoms with Gasteiger partial charge in [0.1, 0.15) is 0 Å². The van der Waals surface area contributed by atoms with Crippen LogP contribution < -0.4 is 5.32 Å². The predicted octanol–water partition coefficient (Wildman–Crippen LogP) is 2.99. The average molecular weight is 262 g/mol. The van der Waals surface area contributed by atoms with Crippen LogP contribution >= 0.6 is 11.6 Å². The fourth-order valence-electron chi connectivity index (χ4n) is 2.56. The largest absolute Gasteiger partial charge is 0.316 e. The second kappa shape index (κ2) is 5.12. The van der Waals surface area contributed by atoms with Gasteiger partial charge in [-0.3, -0.25) is 0 Å². The van der Waals surface area contributed by atoms with Gasteiger partial charge in [-0.1, -0.05) is 23.7 Å². The van der Waals surface area contributed by atoms with Gasteiger partial charge < -0.3 is 9.88 Å². The van der Waals surface area contributed by atoms with Gasteiger partial charge in [0, 0.05) is 24.4 Å². The Kier molecular flexibility index (Phi) is 3.35. The van der Waals surface area contributed by atoms with Gasteiger partial charge in [-0.05, 0) is 31.5 Å². The lowest BCUT2D eigenvalue weighted by Crippen LogP contribution is -2.29. The van der Waals surface area contributed by atoms with Gasteiger partial charge in [0.2, 0.25) is 0 Å². The number of imidazole rings is 1. The maximum Gasteiger partial charge on any atom is 0.0994 e. The topological polar surface area (TPSA) is 29.9 Å². The van der Waals surface area contributed by atoms with E-state index in [2.05, 4.69) is 14.9 Å². The first-order valence-electron chi connectivity index (χ1n) is 6.34. The number of benzene rings is 1. The van der Waals surface area contributed by atoms with E-state index in [4.69, 9.17) is 11.6 Å². The summed E-state index contributed by atoms with van der Waals surface area (Å²) >= 11 is 6.26. The van der Waals surface area contributed by atoms with Crippen molar-refractivity contribution in [2.24, 2.45) is 0 Å². The normalized spacial score (nSPS) is 19.9. The van der Waals surface area contributed by atoms with E-state index >= 15 is 0 Å². The van der Waals surface area contributed by atoms with Crippen LogP contribution in [0.25, 0.3) is 5.69 Å². The minimum atomic E-state index is 0.525. The van der Waals surface area contributed by atoms with Crippen molar-refractivity contribution in [3.63, 3.8) is 0 Å². The first kappa shape index (κ1) is 11.8. The van der Waals surface area contributed by atoms with Crippen LogP contribution in [0.15, 0.2) is 36.8 Å². The Morgan fingerprint density at radius 1 is 1.33 bits per heavy atom. The molecule has 1 aromatic heterocycles. The molecule has 18 heavy (non-hydrogen) atoms. The molecule has 1 fully saturated rings. The molecule has 1 aliphatic heterocycles. The summed E-state index contributed by atoms with van der Waals surface area (Å²) in [6, 6.07) is 7.90. The molecule has 2 aromatic rings. The lowest BCUT2D eigenvalue weighted by atomic mass is 9.96. The van der Waals surface area contributed by atoms with E-state index in [1.165, 1.54) is 18.5 Å². The van der Waals surface area contributed by atoms with Crippen LogP contribution in [-0.4, -0.2) is 22.6 Å². The third-order valence-corrected chi connectivity index (χ3v) is 3.81. The van der Waals surface area contributed by atoms with E-state index in [9.17, 15) is 0 Å². The quantitative estimate of drug-likeness (QED) is 0.901. The van der Waals surface area contributed by atoms with Crippen LogP contribution in [0.2, 0.25) is 5.02 Å². The Balaban J connectivity index is 1.98. The molecule has 1 aromatic carbocycles. The van der Waals surface area contributed by atoms with Gasteiger partial charge in [-0.2, -0.15) is 0 Å². The van der Waals surface area contributed by atoms with E-state index in [1.807, 2.05) is 36.8 Å². The van der Waals surface area contributed by atoms with Crippen LogP contribution in [0.1, 0.15) is 24.5 Å². The molecule has 4 heteroatoms. The highest BCUT2D eigenvalue weighted by Crippen LogP contribution is 2.28. The van der Waals surface area contributed by atoms with Gasteiger partial charge in [0.25, 0.3) is 0 Å². The summed E-state index contributed by atoms with van der Waals surface area (Å²) in [7, 11) is 0. The number of para-hydroxylation sites is 1. The van der Waals surface area contributed by atoms with Crippen molar-refractivity contribution >= 4 is 11.6 Å². The summed E-state index contributed by atoms with van der Waals surface area (Å²) in [5.74, 6) is 0.525. The van der Waals surface area contributed by atoms with Crippen molar-refractivity contribution in [1.29, 1.82) is 0 Å². The van der Waals surface area contributed by atoms with E-state index in [0.717, 1.165) is 23.8 Å². The molecule has 3 nitrogen and oxygen atoms in total. The summed E-state index contributed by atoms with van der Waals surface area (Å²) in [5.41, 5.74) is 2.26. The fraction of sp³-hybridized carbons (Fsp3) is 0.357. The van der Waals surface area contributed by atoms with Crippen molar-refractivity contribution in [2.45, 2.75) is 18.8 Å². The number of nitrogens with one attached hydrogen (secondary N) is 1. The molecule has 1 N–H and O–H groups in total. The van der Waals surface area contributed by atoms with Gasteiger partial charge in [0.05, 0.1) is 17.0 Å². The molecule has 0 aliphatic carbocycles. The standard InChI is InChI=1S/C14H16ClN3/c15-12-5-1-2-6-13(12)18-10-17-9-14(18)11-4-3-7-16-8-11/h1-2,5-6,9-11,16H,3-4,7-8H2. The lowest BCUT2D eigenvalue weighted by Gasteiger charge is -2.24. The van der Waals surface area contributed by atoms with Gasteiger partial charge in [-0.15, -0.1) is 0 Å². The number of rotatable bonds is 2. The van der Waals surface area contributed by atoms with Gasteiger partial charge in [0.15, 0.2) is 0 Å². The molecule has 94 valence electrons. The highest BCUT2D eigenvalue weighted by atomic mass is 35.5. The zero-order valence-electron chi connectivity index (χ0n) is 10.1. The third-order valence-electron chi connectivity index (χ3n) is 3.49. The summed E-state index contributed by atoms with van der Waals surface area (Å²) in [6.07, 6.45) is 6.24. The Morgan fingerprint density at radius 3 is 3.00 bits per heavy atom. The van der Waals surface area contributed by atoms with Crippen LogP contribution in [-0.2, 0) is 0 Å². The van der Waals surface area contributed by atoms with E-state index < -0.39 is 0 Å². The van der Waals surface area contributed by atoms with Gasteiger partial charge >= 0.3 is 0 Å². The van der Waals surface area contributed by atoms with Crippen LogP contribution in [0.4, 0.5) is 0 Å². The number of nitrogens with zero attached hydrogens (tertiary/aromatic N) is 2. The Bertz CT molecular complexity index is 529. The zero-order valence-corrected chi connectivity index (χ0v) is 10.9. The molecule has 1 saturated heterocycles.